The van der Waals surface area contributed by atoms with Crippen LogP contribution in [0.2, 0.25) is 5.02 Å². The zero-order chi connectivity index (χ0) is 19.7. The third-order valence-corrected chi connectivity index (χ3v) is 7.39. The van der Waals surface area contributed by atoms with E-state index >= 15 is 0 Å². The molecule has 28 heavy (non-hydrogen) atoms. The molecule has 1 aliphatic heterocycles. The number of thiazole rings is 1. The quantitative estimate of drug-likeness (QED) is 0.650. The topological polar surface area (TPSA) is 62.3 Å². The predicted molar refractivity (Wildman–Crippen MR) is 114 cm³/mol. The molecule has 2 amide bonds. The van der Waals surface area contributed by atoms with Crippen molar-refractivity contribution in [3.8, 4) is 0 Å². The van der Waals surface area contributed by atoms with E-state index in [2.05, 4.69) is 5.32 Å². The number of piperidine rings is 1. The lowest BCUT2D eigenvalue weighted by atomic mass is 9.97. The molecule has 3 heterocycles. The van der Waals surface area contributed by atoms with E-state index in [1.54, 1.807) is 11.3 Å². The van der Waals surface area contributed by atoms with Crippen LogP contribution in [0.25, 0.3) is 10.2 Å². The summed E-state index contributed by atoms with van der Waals surface area (Å²) < 4.78 is 1.16. The lowest BCUT2D eigenvalue weighted by Gasteiger charge is -2.30. The van der Waals surface area contributed by atoms with Gasteiger partial charge in [0.15, 0.2) is 0 Å². The van der Waals surface area contributed by atoms with Crippen LogP contribution < -0.4 is 5.32 Å². The smallest absolute Gasteiger partial charge is 0.263 e. The molecule has 2 aromatic heterocycles. The molecule has 5 nitrogen and oxygen atoms in total. The van der Waals surface area contributed by atoms with Gasteiger partial charge in [-0.2, -0.15) is 0 Å². The van der Waals surface area contributed by atoms with Gasteiger partial charge in [-0.1, -0.05) is 11.6 Å². The number of fused-ring (bicyclic) bond motifs is 1. The van der Waals surface area contributed by atoms with Crippen molar-refractivity contribution in [2.45, 2.75) is 32.2 Å². The molecule has 1 N–H and O–H groups in total. The number of halogens is 1. The number of likely N-dealkylation sites (tertiary alicyclic amines) is 1. The number of nitrogens with zero attached hydrogens (tertiary/aromatic N) is 2. The Balaban J connectivity index is 1.38. The van der Waals surface area contributed by atoms with Gasteiger partial charge in [-0.05, 0) is 43.2 Å². The van der Waals surface area contributed by atoms with Crippen molar-refractivity contribution < 1.29 is 9.59 Å². The maximum atomic E-state index is 12.8. The van der Waals surface area contributed by atoms with Crippen LogP contribution in [0.15, 0.2) is 30.3 Å². The van der Waals surface area contributed by atoms with Crippen molar-refractivity contribution in [3.63, 3.8) is 0 Å². The van der Waals surface area contributed by atoms with E-state index in [-0.39, 0.29) is 11.8 Å². The normalized spacial score (nSPS) is 15.1. The van der Waals surface area contributed by atoms with Crippen LogP contribution in [0.5, 0.6) is 0 Å². The molecule has 0 aliphatic carbocycles. The van der Waals surface area contributed by atoms with E-state index in [4.69, 9.17) is 16.6 Å². The van der Waals surface area contributed by atoms with Crippen molar-refractivity contribution in [2.75, 3.05) is 13.1 Å². The highest BCUT2D eigenvalue weighted by molar-refractivity contribution is 7.18. The molecule has 1 saturated heterocycles. The number of nitrogens with one attached hydrogen (secondary N) is 1. The summed E-state index contributed by atoms with van der Waals surface area (Å²) in [5.41, 5.74) is 0.955. The summed E-state index contributed by atoms with van der Waals surface area (Å²) >= 11 is 9.24. The highest BCUT2D eigenvalue weighted by Crippen LogP contribution is 2.35. The SMILES string of the molecule is CC(=O)NCc1ccc(C(=O)N2CCC(c3nc4cc(Cl)ccc4s3)CC2)s1. The van der Waals surface area contributed by atoms with E-state index in [1.807, 2.05) is 35.2 Å². The summed E-state index contributed by atoms with van der Waals surface area (Å²) in [7, 11) is 0. The average molecular weight is 434 g/mol. The molecule has 1 aliphatic rings. The Hall–Kier alpha value is -1.96. The van der Waals surface area contributed by atoms with Crippen molar-refractivity contribution in [2.24, 2.45) is 0 Å². The fourth-order valence-corrected chi connectivity index (χ4v) is 5.58. The van der Waals surface area contributed by atoms with Crippen molar-refractivity contribution in [1.29, 1.82) is 0 Å². The van der Waals surface area contributed by atoms with E-state index in [0.29, 0.717) is 17.5 Å². The Morgan fingerprint density at radius 2 is 2.00 bits per heavy atom. The van der Waals surface area contributed by atoms with Gasteiger partial charge in [-0.25, -0.2) is 4.98 Å². The highest BCUT2D eigenvalue weighted by atomic mass is 35.5. The fourth-order valence-electron chi connectivity index (χ4n) is 3.38. The first-order valence-corrected chi connectivity index (χ1v) is 11.2. The van der Waals surface area contributed by atoms with Gasteiger partial charge in [0.1, 0.15) is 0 Å². The summed E-state index contributed by atoms with van der Waals surface area (Å²) in [6.07, 6.45) is 1.84. The number of carbonyl (C=O) groups is 2. The molecule has 0 saturated carbocycles. The highest BCUT2D eigenvalue weighted by Gasteiger charge is 2.27. The number of thiophene rings is 1. The van der Waals surface area contributed by atoms with Gasteiger partial charge in [0, 0.05) is 35.8 Å². The summed E-state index contributed by atoms with van der Waals surface area (Å²) in [6.45, 7) is 3.43. The number of hydrogen-bond acceptors (Lipinski definition) is 5. The molecule has 0 bridgehead atoms. The number of rotatable bonds is 4. The second kappa shape index (κ2) is 8.19. The zero-order valence-corrected chi connectivity index (χ0v) is 17.8. The Kier molecular flexibility index (Phi) is 5.66. The minimum Gasteiger partial charge on any atom is -0.351 e. The van der Waals surface area contributed by atoms with Gasteiger partial charge in [-0.3, -0.25) is 9.59 Å². The number of aromatic nitrogens is 1. The standard InChI is InChI=1S/C20H20ClN3O2S2/c1-12(25)22-11-15-3-5-18(27-15)20(26)24-8-6-13(7-9-24)19-23-16-10-14(21)2-4-17(16)28-19/h2-5,10,13H,6-9,11H2,1H3,(H,22,25). The first-order chi connectivity index (χ1) is 13.5. The van der Waals surface area contributed by atoms with Gasteiger partial charge >= 0.3 is 0 Å². The van der Waals surface area contributed by atoms with Crippen LogP contribution in [-0.2, 0) is 11.3 Å². The average Bonchev–Trinajstić information content (AvgIpc) is 3.32. The second-order valence-electron chi connectivity index (χ2n) is 6.91. The molecular weight excluding hydrogens is 414 g/mol. The summed E-state index contributed by atoms with van der Waals surface area (Å²) in [4.78, 5) is 32.2. The maximum Gasteiger partial charge on any atom is 0.263 e. The third kappa shape index (κ3) is 4.21. The first-order valence-electron chi connectivity index (χ1n) is 9.18. The Bertz CT molecular complexity index is 1020. The predicted octanol–water partition coefficient (Wildman–Crippen LogP) is 4.67. The van der Waals surface area contributed by atoms with Crippen LogP contribution >= 0.6 is 34.3 Å². The van der Waals surface area contributed by atoms with Gasteiger partial charge < -0.3 is 10.2 Å². The summed E-state index contributed by atoms with van der Waals surface area (Å²) in [6, 6.07) is 9.59. The van der Waals surface area contributed by atoms with Gasteiger partial charge in [0.25, 0.3) is 5.91 Å². The molecule has 0 spiro atoms. The molecule has 0 atom stereocenters. The van der Waals surface area contributed by atoms with Gasteiger partial charge in [0.2, 0.25) is 5.91 Å². The second-order valence-corrected chi connectivity index (χ2v) is 9.57. The number of benzene rings is 1. The van der Waals surface area contributed by atoms with E-state index in [1.165, 1.54) is 18.3 Å². The molecule has 8 heteroatoms. The Morgan fingerprint density at radius 1 is 1.21 bits per heavy atom. The minimum absolute atomic E-state index is 0.0690. The molecule has 4 rings (SSSR count). The Labute approximate surface area is 176 Å². The molecule has 3 aromatic rings. The minimum atomic E-state index is -0.0690. The first kappa shape index (κ1) is 19.4. The summed E-state index contributed by atoms with van der Waals surface area (Å²) in [5, 5.41) is 4.61. The van der Waals surface area contributed by atoms with Crippen molar-refractivity contribution >= 4 is 56.3 Å². The maximum absolute atomic E-state index is 12.8. The third-order valence-electron chi connectivity index (χ3n) is 4.88. The molecule has 146 valence electrons. The molecule has 0 unspecified atom stereocenters. The zero-order valence-electron chi connectivity index (χ0n) is 15.4. The van der Waals surface area contributed by atoms with Crippen LogP contribution in [-0.4, -0.2) is 34.8 Å². The summed E-state index contributed by atoms with van der Waals surface area (Å²) in [5.74, 6) is 0.396. The number of amides is 2. The fraction of sp³-hybridized carbons (Fsp3) is 0.350. The van der Waals surface area contributed by atoms with Gasteiger partial charge in [0.05, 0.1) is 26.6 Å². The van der Waals surface area contributed by atoms with Crippen molar-refractivity contribution in [3.05, 3.63) is 50.1 Å². The molecular formula is C20H20ClN3O2S2. The monoisotopic (exact) mass is 433 g/mol. The van der Waals surface area contributed by atoms with Gasteiger partial charge in [-0.15, -0.1) is 22.7 Å². The number of carbonyl (C=O) groups excluding carboxylic acids is 2. The van der Waals surface area contributed by atoms with Crippen LogP contribution in [0.4, 0.5) is 0 Å². The molecule has 0 radical (unpaired) electrons. The van der Waals surface area contributed by atoms with Crippen LogP contribution in [0.3, 0.4) is 0 Å². The molecule has 1 fully saturated rings. The van der Waals surface area contributed by atoms with Crippen LogP contribution in [0, 0.1) is 0 Å². The van der Waals surface area contributed by atoms with E-state index < -0.39 is 0 Å². The number of hydrogen-bond donors (Lipinski definition) is 1. The lowest BCUT2D eigenvalue weighted by Crippen LogP contribution is -2.37. The van der Waals surface area contributed by atoms with E-state index in [0.717, 1.165) is 50.9 Å². The largest absolute Gasteiger partial charge is 0.351 e. The van der Waals surface area contributed by atoms with Crippen LogP contribution in [0.1, 0.15) is 45.2 Å². The Morgan fingerprint density at radius 3 is 2.75 bits per heavy atom. The van der Waals surface area contributed by atoms with E-state index in [9.17, 15) is 9.59 Å². The molecule has 1 aromatic carbocycles. The lowest BCUT2D eigenvalue weighted by molar-refractivity contribution is -0.119. The van der Waals surface area contributed by atoms with Crippen molar-refractivity contribution in [1.82, 2.24) is 15.2 Å².